The Morgan fingerprint density at radius 3 is 2.50 bits per heavy atom. The molecular formula is C20H24N4O2. The number of anilines is 2. The Balaban J connectivity index is 1.54. The summed E-state index contributed by atoms with van der Waals surface area (Å²) in [6, 6.07) is 15.3. The molecule has 0 atom stereocenters. The quantitative estimate of drug-likeness (QED) is 0.826. The van der Waals surface area contributed by atoms with Crippen molar-refractivity contribution in [2.24, 2.45) is 0 Å². The van der Waals surface area contributed by atoms with Gasteiger partial charge in [-0.3, -0.25) is 20.4 Å². The van der Waals surface area contributed by atoms with Gasteiger partial charge in [0.05, 0.1) is 6.54 Å². The standard InChI is InChI=1S/C20H24N4O2/c1-23(2)17-11-9-16(10-12-17)20(26)22-21-19(25)14-24-13-5-7-15-6-3-4-8-18(15)24/h3-4,6,8-12H,5,7,13-14H2,1-2H3,(H,21,25)(H,22,26). The maximum atomic E-state index is 12.2. The van der Waals surface area contributed by atoms with Crippen molar-refractivity contribution < 1.29 is 9.59 Å². The summed E-state index contributed by atoms with van der Waals surface area (Å²) in [5.74, 6) is -0.567. The fraction of sp³-hybridized carbons (Fsp3) is 0.300. The Hall–Kier alpha value is -3.02. The van der Waals surface area contributed by atoms with Gasteiger partial charge in [-0.1, -0.05) is 18.2 Å². The van der Waals surface area contributed by atoms with Crippen LogP contribution in [0.2, 0.25) is 0 Å². The van der Waals surface area contributed by atoms with Crippen molar-refractivity contribution in [1.82, 2.24) is 10.9 Å². The zero-order valence-electron chi connectivity index (χ0n) is 15.2. The van der Waals surface area contributed by atoms with Gasteiger partial charge < -0.3 is 9.80 Å². The molecule has 2 aromatic carbocycles. The molecule has 6 nitrogen and oxygen atoms in total. The van der Waals surface area contributed by atoms with E-state index in [1.54, 1.807) is 12.1 Å². The van der Waals surface area contributed by atoms with Crippen molar-refractivity contribution in [3.05, 3.63) is 59.7 Å². The number of carbonyl (C=O) groups is 2. The van der Waals surface area contributed by atoms with E-state index in [-0.39, 0.29) is 18.4 Å². The van der Waals surface area contributed by atoms with Crippen molar-refractivity contribution in [2.75, 3.05) is 37.0 Å². The average molecular weight is 352 g/mol. The SMILES string of the molecule is CN(C)c1ccc(C(=O)NNC(=O)CN2CCCc3ccccc32)cc1. The van der Waals surface area contributed by atoms with Gasteiger partial charge in [-0.25, -0.2) is 0 Å². The van der Waals surface area contributed by atoms with Crippen LogP contribution >= 0.6 is 0 Å². The molecule has 0 spiro atoms. The summed E-state index contributed by atoms with van der Waals surface area (Å²) in [6.45, 7) is 1.06. The lowest BCUT2D eigenvalue weighted by Gasteiger charge is -2.30. The summed E-state index contributed by atoms with van der Waals surface area (Å²) < 4.78 is 0. The smallest absolute Gasteiger partial charge is 0.269 e. The lowest BCUT2D eigenvalue weighted by Crippen LogP contribution is -2.47. The minimum atomic E-state index is -0.331. The van der Waals surface area contributed by atoms with Crippen molar-refractivity contribution in [1.29, 1.82) is 0 Å². The molecule has 3 rings (SSSR count). The Morgan fingerprint density at radius 1 is 1.04 bits per heavy atom. The number of rotatable bonds is 4. The molecule has 0 unspecified atom stereocenters. The van der Waals surface area contributed by atoms with E-state index in [9.17, 15) is 9.59 Å². The summed E-state index contributed by atoms with van der Waals surface area (Å²) in [7, 11) is 3.88. The van der Waals surface area contributed by atoms with E-state index in [4.69, 9.17) is 0 Å². The van der Waals surface area contributed by atoms with Gasteiger partial charge in [0, 0.05) is 37.6 Å². The fourth-order valence-electron chi connectivity index (χ4n) is 3.10. The molecule has 0 saturated carbocycles. The van der Waals surface area contributed by atoms with E-state index >= 15 is 0 Å². The van der Waals surface area contributed by atoms with E-state index < -0.39 is 0 Å². The third-order valence-corrected chi connectivity index (χ3v) is 4.50. The van der Waals surface area contributed by atoms with Gasteiger partial charge in [-0.05, 0) is 48.7 Å². The average Bonchev–Trinajstić information content (AvgIpc) is 2.66. The molecule has 0 radical (unpaired) electrons. The third-order valence-electron chi connectivity index (χ3n) is 4.50. The Kier molecular flexibility index (Phi) is 5.41. The van der Waals surface area contributed by atoms with Gasteiger partial charge in [-0.2, -0.15) is 0 Å². The summed E-state index contributed by atoms with van der Waals surface area (Å²) in [6.07, 6.45) is 2.06. The van der Waals surface area contributed by atoms with Crippen molar-refractivity contribution >= 4 is 23.2 Å². The molecule has 0 bridgehead atoms. The van der Waals surface area contributed by atoms with Crippen LogP contribution in [0.25, 0.3) is 0 Å². The van der Waals surface area contributed by atoms with Crippen molar-refractivity contribution in [3.63, 3.8) is 0 Å². The molecule has 2 N–H and O–H groups in total. The monoisotopic (exact) mass is 352 g/mol. The second kappa shape index (κ2) is 7.91. The largest absolute Gasteiger partial charge is 0.378 e. The third kappa shape index (κ3) is 4.14. The molecule has 0 fully saturated rings. The highest BCUT2D eigenvalue weighted by molar-refractivity contribution is 5.96. The zero-order chi connectivity index (χ0) is 18.5. The summed E-state index contributed by atoms with van der Waals surface area (Å²) in [4.78, 5) is 28.4. The van der Waals surface area contributed by atoms with Crippen LogP contribution in [-0.2, 0) is 11.2 Å². The van der Waals surface area contributed by atoms with Gasteiger partial charge in [0.2, 0.25) is 0 Å². The van der Waals surface area contributed by atoms with Gasteiger partial charge in [-0.15, -0.1) is 0 Å². The number of amides is 2. The first kappa shape index (κ1) is 17.8. The number of carbonyl (C=O) groups excluding carboxylic acids is 2. The highest BCUT2D eigenvalue weighted by Gasteiger charge is 2.18. The Morgan fingerprint density at radius 2 is 1.77 bits per heavy atom. The number of nitrogens with zero attached hydrogens (tertiary/aromatic N) is 2. The number of aryl methyl sites for hydroxylation is 1. The highest BCUT2D eigenvalue weighted by Crippen LogP contribution is 2.26. The number of hydrogen-bond donors (Lipinski definition) is 2. The topological polar surface area (TPSA) is 64.7 Å². The second-order valence-corrected chi connectivity index (χ2v) is 6.60. The lowest BCUT2D eigenvalue weighted by atomic mass is 10.0. The zero-order valence-corrected chi connectivity index (χ0v) is 15.2. The fourth-order valence-corrected chi connectivity index (χ4v) is 3.10. The number of hydrogen-bond acceptors (Lipinski definition) is 4. The molecule has 6 heteroatoms. The maximum absolute atomic E-state index is 12.2. The van der Waals surface area contributed by atoms with Crippen LogP contribution < -0.4 is 20.7 Å². The first-order valence-electron chi connectivity index (χ1n) is 8.74. The second-order valence-electron chi connectivity index (χ2n) is 6.60. The number of nitrogens with one attached hydrogen (secondary N) is 2. The predicted octanol–water partition coefficient (Wildman–Crippen LogP) is 1.97. The first-order chi connectivity index (χ1) is 12.5. The normalized spacial score (nSPS) is 12.9. The number of hydrazine groups is 1. The van der Waals surface area contributed by atoms with Crippen LogP contribution in [0.5, 0.6) is 0 Å². The molecule has 0 aliphatic carbocycles. The van der Waals surface area contributed by atoms with E-state index in [0.29, 0.717) is 5.56 Å². The molecule has 1 aliphatic heterocycles. The molecular weight excluding hydrogens is 328 g/mol. The van der Waals surface area contributed by atoms with Gasteiger partial charge in [0.1, 0.15) is 0 Å². The van der Waals surface area contributed by atoms with E-state index in [2.05, 4.69) is 16.9 Å². The van der Waals surface area contributed by atoms with Crippen LogP contribution in [0.1, 0.15) is 22.3 Å². The van der Waals surface area contributed by atoms with Gasteiger partial charge >= 0.3 is 0 Å². The van der Waals surface area contributed by atoms with Crippen LogP contribution in [0, 0.1) is 0 Å². The Bertz CT molecular complexity index is 787. The summed E-state index contributed by atoms with van der Waals surface area (Å²) >= 11 is 0. The van der Waals surface area contributed by atoms with Crippen LogP contribution in [-0.4, -0.2) is 39.0 Å². The number of benzene rings is 2. The summed E-state index contributed by atoms with van der Waals surface area (Å²) in [5, 5.41) is 0. The van der Waals surface area contributed by atoms with Crippen molar-refractivity contribution in [2.45, 2.75) is 12.8 Å². The predicted molar refractivity (Wildman–Crippen MR) is 103 cm³/mol. The molecule has 1 aliphatic rings. The van der Waals surface area contributed by atoms with Crippen LogP contribution in [0.4, 0.5) is 11.4 Å². The van der Waals surface area contributed by atoms with Crippen LogP contribution in [0.3, 0.4) is 0 Å². The molecule has 1 heterocycles. The highest BCUT2D eigenvalue weighted by atomic mass is 16.2. The Labute approximate surface area is 153 Å². The number of fused-ring (bicyclic) bond motifs is 1. The molecule has 0 saturated heterocycles. The molecule has 136 valence electrons. The summed E-state index contributed by atoms with van der Waals surface area (Å²) in [5.41, 5.74) is 8.85. The number of para-hydroxylation sites is 1. The minimum absolute atomic E-state index is 0.219. The lowest BCUT2D eigenvalue weighted by molar-refractivity contribution is -0.120. The molecule has 2 aromatic rings. The van der Waals surface area contributed by atoms with Gasteiger partial charge in [0.25, 0.3) is 11.8 Å². The first-order valence-corrected chi connectivity index (χ1v) is 8.74. The molecule has 26 heavy (non-hydrogen) atoms. The van der Waals surface area contributed by atoms with Crippen molar-refractivity contribution in [3.8, 4) is 0 Å². The minimum Gasteiger partial charge on any atom is -0.378 e. The molecule has 2 amide bonds. The molecule has 0 aromatic heterocycles. The van der Waals surface area contributed by atoms with Crippen LogP contribution in [0.15, 0.2) is 48.5 Å². The van der Waals surface area contributed by atoms with E-state index in [1.165, 1.54) is 5.56 Å². The van der Waals surface area contributed by atoms with E-state index in [0.717, 1.165) is 30.8 Å². The van der Waals surface area contributed by atoms with E-state index in [1.807, 2.05) is 54.2 Å². The van der Waals surface area contributed by atoms with Gasteiger partial charge in [0.15, 0.2) is 0 Å². The maximum Gasteiger partial charge on any atom is 0.269 e.